The molecule has 0 atom stereocenters. The highest BCUT2D eigenvalue weighted by Crippen LogP contribution is 2.09. The molecule has 0 aliphatic rings. The predicted molar refractivity (Wildman–Crippen MR) is 100 cm³/mol. The Hall–Kier alpha value is -3.08. The molecule has 0 bridgehead atoms. The lowest BCUT2D eigenvalue weighted by atomic mass is 10.1. The number of benzene rings is 2. The van der Waals surface area contributed by atoms with Gasteiger partial charge in [-0.05, 0) is 23.1 Å². The lowest BCUT2D eigenvalue weighted by Gasteiger charge is -2.06. The van der Waals surface area contributed by atoms with Gasteiger partial charge >= 0.3 is 12.1 Å². The summed E-state index contributed by atoms with van der Waals surface area (Å²) in [6.45, 7) is 0.751. The van der Waals surface area contributed by atoms with Crippen LogP contribution in [0.4, 0.5) is 4.79 Å². The Morgan fingerprint density at radius 2 is 1.81 bits per heavy atom. The van der Waals surface area contributed by atoms with Crippen LogP contribution in [-0.2, 0) is 27.3 Å². The molecular formula is C21H23NO4. The van der Waals surface area contributed by atoms with Crippen molar-refractivity contribution < 1.29 is 19.1 Å². The Kier molecular flexibility index (Phi) is 7.93. The molecule has 5 nitrogen and oxygen atoms in total. The molecule has 136 valence electrons. The summed E-state index contributed by atoms with van der Waals surface area (Å²) in [6.07, 6.45) is 4.43. The molecule has 2 rings (SSSR count). The fourth-order valence-corrected chi connectivity index (χ4v) is 2.30. The van der Waals surface area contributed by atoms with Crippen molar-refractivity contribution in [1.82, 2.24) is 5.32 Å². The molecule has 2 aromatic carbocycles. The molecule has 1 N–H and O–H groups in total. The lowest BCUT2D eigenvalue weighted by Crippen LogP contribution is -2.24. The van der Waals surface area contributed by atoms with Crippen LogP contribution in [0.15, 0.2) is 60.7 Å². The predicted octanol–water partition coefficient (Wildman–Crippen LogP) is 3.73. The highest BCUT2D eigenvalue weighted by Gasteiger charge is 2.03. The van der Waals surface area contributed by atoms with Gasteiger partial charge in [0.1, 0.15) is 6.61 Å². The number of nitrogens with one attached hydrogen (secondary N) is 1. The molecule has 0 spiro atoms. The number of carbonyl (C=O) groups is 2. The third-order valence-electron chi connectivity index (χ3n) is 3.63. The number of rotatable bonds is 8. The Labute approximate surface area is 153 Å². The first-order chi connectivity index (χ1) is 12.7. The molecule has 0 fully saturated rings. The van der Waals surface area contributed by atoms with Crippen molar-refractivity contribution in [3.63, 3.8) is 0 Å². The number of amides is 1. The minimum absolute atomic E-state index is 0.257. The van der Waals surface area contributed by atoms with E-state index < -0.39 is 6.09 Å². The molecule has 0 saturated carbocycles. The topological polar surface area (TPSA) is 64.6 Å². The monoisotopic (exact) mass is 353 g/mol. The van der Waals surface area contributed by atoms with Crippen LogP contribution in [-0.4, -0.2) is 25.7 Å². The summed E-state index contributed by atoms with van der Waals surface area (Å²) >= 11 is 0. The third kappa shape index (κ3) is 7.21. The normalized spacial score (nSPS) is 10.5. The van der Waals surface area contributed by atoms with Gasteiger partial charge < -0.3 is 14.8 Å². The number of hydrogen-bond donors (Lipinski definition) is 1. The van der Waals surface area contributed by atoms with Gasteiger partial charge in [0.15, 0.2) is 0 Å². The Bertz CT molecular complexity index is 741. The summed E-state index contributed by atoms with van der Waals surface area (Å²) in [4.78, 5) is 22.9. The second kappa shape index (κ2) is 10.7. The van der Waals surface area contributed by atoms with Crippen LogP contribution in [0, 0.1) is 0 Å². The maximum absolute atomic E-state index is 11.6. The van der Waals surface area contributed by atoms with E-state index in [1.807, 2.05) is 66.7 Å². The van der Waals surface area contributed by atoms with Crippen LogP contribution in [0.3, 0.4) is 0 Å². The second-order valence-electron chi connectivity index (χ2n) is 5.68. The number of methoxy groups -OCH3 is 1. The smallest absolute Gasteiger partial charge is 0.407 e. The zero-order chi connectivity index (χ0) is 18.6. The second-order valence-corrected chi connectivity index (χ2v) is 5.68. The summed E-state index contributed by atoms with van der Waals surface area (Å²) in [5, 5.41) is 2.71. The SMILES string of the molecule is COC(=O)Cc1cccc(C=CCCNC(=O)OCc2ccccc2)c1. The number of ether oxygens (including phenoxy) is 2. The number of esters is 1. The molecule has 0 saturated heterocycles. The highest BCUT2D eigenvalue weighted by molar-refractivity contribution is 5.72. The molecule has 0 aliphatic heterocycles. The van der Waals surface area contributed by atoms with Gasteiger partial charge in [-0.3, -0.25) is 4.79 Å². The van der Waals surface area contributed by atoms with E-state index in [9.17, 15) is 9.59 Å². The van der Waals surface area contributed by atoms with Crippen molar-refractivity contribution in [2.24, 2.45) is 0 Å². The largest absolute Gasteiger partial charge is 0.469 e. The van der Waals surface area contributed by atoms with Gasteiger partial charge in [0, 0.05) is 6.54 Å². The van der Waals surface area contributed by atoms with Crippen molar-refractivity contribution in [3.8, 4) is 0 Å². The van der Waals surface area contributed by atoms with E-state index in [1.54, 1.807) is 0 Å². The summed E-state index contributed by atoms with van der Waals surface area (Å²) in [7, 11) is 1.38. The Balaban J connectivity index is 1.68. The summed E-state index contributed by atoms with van der Waals surface area (Å²) < 4.78 is 9.81. The van der Waals surface area contributed by atoms with Crippen LogP contribution in [0.2, 0.25) is 0 Å². The Morgan fingerprint density at radius 1 is 1.04 bits per heavy atom. The van der Waals surface area contributed by atoms with Crippen LogP contribution in [0.5, 0.6) is 0 Å². The van der Waals surface area contributed by atoms with E-state index in [1.165, 1.54) is 7.11 Å². The summed E-state index contributed by atoms with van der Waals surface area (Å²) in [5.41, 5.74) is 2.86. The van der Waals surface area contributed by atoms with Crippen LogP contribution < -0.4 is 5.32 Å². The standard InChI is InChI=1S/C21H23NO4/c1-25-20(23)15-19-12-7-11-17(14-19)8-5-6-13-22-21(24)26-16-18-9-3-2-4-10-18/h2-5,7-12,14H,6,13,15-16H2,1H3,(H,22,24). The van der Waals surface area contributed by atoms with Crippen molar-refractivity contribution in [3.05, 3.63) is 77.4 Å². The van der Waals surface area contributed by atoms with Crippen LogP contribution >= 0.6 is 0 Å². The van der Waals surface area contributed by atoms with Gasteiger partial charge in [-0.1, -0.05) is 66.7 Å². The fourth-order valence-electron chi connectivity index (χ4n) is 2.30. The first-order valence-electron chi connectivity index (χ1n) is 8.44. The van der Waals surface area contributed by atoms with Crippen LogP contribution in [0.1, 0.15) is 23.1 Å². The average molecular weight is 353 g/mol. The average Bonchev–Trinajstić information content (AvgIpc) is 2.67. The first-order valence-corrected chi connectivity index (χ1v) is 8.44. The van der Waals surface area contributed by atoms with Gasteiger partial charge in [0.2, 0.25) is 0 Å². The number of carbonyl (C=O) groups excluding carboxylic acids is 2. The molecule has 0 aliphatic carbocycles. The summed E-state index contributed by atoms with van der Waals surface area (Å²) in [6, 6.07) is 17.2. The molecule has 0 radical (unpaired) electrons. The number of hydrogen-bond acceptors (Lipinski definition) is 4. The van der Waals surface area contributed by atoms with E-state index in [0.29, 0.717) is 13.0 Å². The van der Waals surface area contributed by atoms with E-state index >= 15 is 0 Å². The van der Waals surface area contributed by atoms with Crippen LogP contribution in [0.25, 0.3) is 6.08 Å². The van der Waals surface area contributed by atoms with E-state index in [4.69, 9.17) is 4.74 Å². The van der Waals surface area contributed by atoms with Crippen molar-refractivity contribution in [1.29, 1.82) is 0 Å². The number of alkyl carbamates (subject to hydrolysis) is 1. The molecule has 1 amide bonds. The molecule has 5 heteroatoms. The molecular weight excluding hydrogens is 330 g/mol. The molecule has 0 aromatic heterocycles. The van der Waals surface area contributed by atoms with E-state index in [2.05, 4.69) is 10.1 Å². The van der Waals surface area contributed by atoms with E-state index in [-0.39, 0.29) is 19.0 Å². The van der Waals surface area contributed by atoms with Gasteiger partial charge in [-0.15, -0.1) is 0 Å². The van der Waals surface area contributed by atoms with Crippen molar-refractivity contribution in [2.75, 3.05) is 13.7 Å². The first kappa shape index (κ1) is 19.2. The zero-order valence-electron chi connectivity index (χ0n) is 14.8. The fraction of sp³-hybridized carbons (Fsp3) is 0.238. The summed E-state index contributed by atoms with van der Waals surface area (Å²) in [5.74, 6) is -0.260. The van der Waals surface area contributed by atoms with Gasteiger partial charge in [-0.25, -0.2) is 4.79 Å². The molecule has 2 aromatic rings. The van der Waals surface area contributed by atoms with Crippen molar-refractivity contribution >= 4 is 18.1 Å². The maximum Gasteiger partial charge on any atom is 0.407 e. The molecule has 0 unspecified atom stereocenters. The highest BCUT2D eigenvalue weighted by atomic mass is 16.5. The maximum atomic E-state index is 11.6. The van der Waals surface area contributed by atoms with Gasteiger partial charge in [-0.2, -0.15) is 0 Å². The molecule has 26 heavy (non-hydrogen) atoms. The van der Waals surface area contributed by atoms with E-state index in [0.717, 1.165) is 16.7 Å². The van der Waals surface area contributed by atoms with Gasteiger partial charge in [0.05, 0.1) is 13.5 Å². The third-order valence-corrected chi connectivity index (χ3v) is 3.63. The quantitative estimate of drug-likeness (QED) is 0.580. The Morgan fingerprint density at radius 3 is 2.58 bits per heavy atom. The van der Waals surface area contributed by atoms with Gasteiger partial charge in [0.25, 0.3) is 0 Å². The minimum atomic E-state index is -0.428. The zero-order valence-corrected chi connectivity index (χ0v) is 14.8. The van der Waals surface area contributed by atoms with Crippen molar-refractivity contribution in [2.45, 2.75) is 19.4 Å². The lowest BCUT2D eigenvalue weighted by molar-refractivity contribution is -0.139. The minimum Gasteiger partial charge on any atom is -0.469 e. The molecule has 0 heterocycles.